The van der Waals surface area contributed by atoms with Crippen molar-refractivity contribution in [1.82, 2.24) is 74.4 Å². The van der Waals surface area contributed by atoms with Crippen molar-refractivity contribution >= 4 is 153 Å². The number of carboxylic acids is 4. The van der Waals surface area contributed by atoms with Gasteiger partial charge in [-0.05, 0) is 108 Å². The van der Waals surface area contributed by atoms with Crippen LogP contribution in [0.4, 0.5) is 0 Å². The van der Waals surface area contributed by atoms with Crippen LogP contribution in [0.5, 0.6) is 5.75 Å². The van der Waals surface area contributed by atoms with Gasteiger partial charge in [-0.1, -0.05) is 124 Å². The molecule has 2 unspecified atom stereocenters. The fraction of sp³-hybridized carbons (Fsp3) is 0.465. The van der Waals surface area contributed by atoms with Crippen LogP contribution in [0.1, 0.15) is 120 Å². The molecule has 0 aromatic heterocycles. The second-order valence-corrected chi connectivity index (χ2v) is 35.9. The molecule has 17 atom stereocenters. The lowest BCUT2D eigenvalue weighted by molar-refractivity contribution is -0.142. The van der Waals surface area contributed by atoms with Gasteiger partial charge in [-0.25, -0.2) is 0 Å². The van der Waals surface area contributed by atoms with Gasteiger partial charge in [0.1, 0.15) is 84.7 Å². The highest BCUT2D eigenvalue weighted by Gasteiger charge is 2.42. The number of benzene rings is 5. The number of aliphatic hydroxyl groups is 2. The van der Waals surface area contributed by atoms with E-state index in [1.807, 2.05) is 0 Å². The number of thioether (sulfide) groups is 3. The molecule has 5 aromatic carbocycles. The molecule has 710 valence electrons. The highest BCUT2D eigenvalue weighted by molar-refractivity contribution is 7.99. The van der Waals surface area contributed by atoms with Gasteiger partial charge >= 0.3 is 23.9 Å². The van der Waals surface area contributed by atoms with Crippen LogP contribution in [-0.2, 0) is 123 Å². The number of hydrogen-bond acceptors (Lipinski definition) is 27. The predicted octanol–water partition coefficient (Wildman–Crippen LogP) is -3.16. The van der Waals surface area contributed by atoms with Gasteiger partial charge in [-0.2, -0.15) is 35.3 Å². The molecule has 5 aromatic rings. The van der Waals surface area contributed by atoms with Gasteiger partial charge in [0.15, 0.2) is 0 Å². The summed E-state index contributed by atoms with van der Waals surface area (Å²) >= 11 is 3.13. The molecule has 2 aliphatic rings. The van der Waals surface area contributed by atoms with E-state index in [0.29, 0.717) is 38.6 Å². The number of phenolic OH excluding ortho intramolecular Hbond substituents is 1. The predicted molar refractivity (Wildman–Crippen MR) is 479 cm³/mol. The van der Waals surface area contributed by atoms with E-state index in [-0.39, 0.29) is 46.5 Å². The maximum Gasteiger partial charge on any atom is 0.305 e. The van der Waals surface area contributed by atoms with Crippen LogP contribution < -0.4 is 91.6 Å². The normalized spacial score (nSPS) is 25.0. The Morgan fingerprint density at radius 2 is 0.908 bits per heavy atom. The number of nitrogens with two attached hydrogens (primary N) is 3. The van der Waals surface area contributed by atoms with E-state index in [1.165, 1.54) is 65.8 Å². The molecule has 0 spiro atoms. The van der Waals surface area contributed by atoms with Crippen LogP contribution in [0.15, 0.2) is 115 Å². The first-order chi connectivity index (χ1) is 61.8. The summed E-state index contributed by atoms with van der Waals surface area (Å²) in [4.78, 5) is 254. The molecule has 0 aliphatic carbocycles. The van der Waals surface area contributed by atoms with E-state index in [9.17, 15) is 112 Å². The van der Waals surface area contributed by atoms with Crippen molar-refractivity contribution in [2.75, 3.05) is 17.3 Å². The number of amides is 14. The average Bonchev–Trinajstić information content (AvgIpc) is 0.846. The first kappa shape index (κ1) is 106. The van der Waals surface area contributed by atoms with Crippen molar-refractivity contribution in [2.24, 2.45) is 22.6 Å². The first-order valence-corrected chi connectivity index (χ1v) is 45.1. The Hall–Kier alpha value is -12.5. The summed E-state index contributed by atoms with van der Waals surface area (Å²) in [5.41, 5.74) is 18.9. The Kier molecular flexibility index (Phi) is 40.8. The van der Waals surface area contributed by atoms with Crippen molar-refractivity contribution in [3.05, 3.63) is 149 Å². The van der Waals surface area contributed by atoms with Gasteiger partial charge in [0, 0.05) is 59.8 Å². The maximum absolute atomic E-state index is 15.3. The zero-order valence-electron chi connectivity index (χ0n) is 72.5. The molecule has 7 rings (SSSR count). The van der Waals surface area contributed by atoms with Crippen molar-refractivity contribution in [3.63, 3.8) is 0 Å². The minimum atomic E-state index is -2.18. The van der Waals surface area contributed by atoms with E-state index in [4.69, 9.17) is 17.2 Å². The third kappa shape index (κ3) is 34.7. The van der Waals surface area contributed by atoms with E-state index >= 15 is 9.59 Å². The molecule has 42 nitrogen and oxygen atoms in total. The minimum Gasteiger partial charge on any atom is -0.508 e. The highest BCUT2D eigenvalue weighted by atomic mass is 32.2. The fourth-order valence-corrected chi connectivity index (χ4v) is 16.8. The molecule has 2 heterocycles. The van der Waals surface area contributed by atoms with Gasteiger partial charge in [-0.15, -0.1) is 0 Å². The zero-order chi connectivity index (χ0) is 96.7. The van der Waals surface area contributed by atoms with Crippen LogP contribution in [0.3, 0.4) is 0 Å². The topological polar surface area (TPSA) is 695 Å². The second-order valence-electron chi connectivity index (χ2n) is 32.8. The summed E-state index contributed by atoms with van der Waals surface area (Å²) in [5.74, 6) is -24.0. The molecule has 0 fully saturated rings. The Bertz CT molecular complexity index is 4950. The lowest BCUT2D eigenvalue weighted by atomic mass is 9.85. The first-order valence-electron chi connectivity index (χ1n) is 41.7. The maximum atomic E-state index is 15.3. The lowest BCUT2D eigenvalue weighted by Crippen LogP contribution is -2.63. The third-order valence-corrected chi connectivity index (χ3v) is 24.1. The Labute approximate surface area is 765 Å². The molecule has 0 saturated heterocycles. The highest BCUT2D eigenvalue weighted by Crippen LogP contribution is 2.27. The molecule has 0 saturated carbocycles. The van der Waals surface area contributed by atoms with Gasteiger partial charge in [0.2, 0.25) is 82.7 Å². The summed E-state index contributed by atoms with van der Waals surface area (Å²) in [6, 6.07) is 4.28. The van der Waals surface area contributed by atoms with E-state index in [2.05, 4.69) is 74.4 Å². The molecule has 45 heteroatoms. The number of carbonyl (C=O) groups excluding carboxylic acids is 14. The summed E-state index contributed by atoms with van der Waals surface area (Å²) in [6.07, 6.45) is -11.4. The minimum absolute atomic E-state index is 0.00542. The SMILES string of the molecule is C[C@H](N)C(O)N[C@H]1CSCc2cc3cc(c2)CSC[C@@H](NC(=O)[C@@H](C)NC(=O)[C@H](Cc2cccc4ccccc24)NC(=O)[C@H](CCC(=O)O)NC(=O)[C@H](CC(N)=O)NC(=O)[C@@H](C)NC1=O)C(=O)N[C@@H](CCC(=O)O)C(=O)N[C@@H](CC(=O)O)C(=O)N[C@@H](Cc1ccccc1)C(O)N[C@@H](Cc1ccc(O)cc1)C(=O)N[C@@H](CC(=O)O)C(=O)N[C@@H](C(C)(C)C)C(=O)N[C@H](C(N)=O)CSC3. The van der Waals surface area contributed by atoms with Crippen molar-refractivity contribution < 1.29 is 122 Å². The van der Waals surface area contributed by atoms with Crippen LogP contribution >= 0.6 is 35.3 Å². The number of nitrogens with one attached hydrogen (secondary N) is 14. The second kappa shape index (κ2) is 50.6. The molecule has 131 heavy (non-hydrogen) atoms. The molecular formula is C86H113N17O25S3. The summed E-state index contributed by atoms with van der Waals surface area (Å²) < 4.78 is 0. The number of aliphatic hydroxyl groups excluding tert-OH is 2. The smallest absolute Gasteiger partial charge is 0.305 e. The Morgan fingerprint density at radius 1 is 0.458 bits per heavy atom. The largest absolute Gasteiger partial charge is 0.508 e. The van der Waals surface area contributed by atoms with Crippen molar-refractivity contribution in [3.8, 4) is 5.75 Å². The number of phenols is 1. The summed E-state index contributed by atoms with van der Waals surface area (Å²) in [5, 5.41) is 111. The number of primary amides is 2. The third-order valence-electron chi connectivity index (χ3n) is 20.8. The number of aliphatic carboxylic acids is 4. The monoisotopic (exact) mass is 1880 g/mol. The van der Waals surface area contributed by atoms with Crippen LogP contribution in [-0.4, -0.2) is 263 Å². The summed E-state index contributed by atoms with van der Waals surface area (Å²) in [7, 11) is 0. The number of rotatable bonds is 22. The Balaban J connectivity index is 1.40. The molecule has 14 amide bonds. The standard InChI is InChI=1S/C86H113N17O25S3/c1-42(87)72(115)101-63-40-130-37-48-27-47-28-49(29-48)38-131-41-64(102-74(117)44(3)90-77(120)58(32-51-17-12-16-50-15-10-11-18-53(50)51)97-75(118)54(23-25-66(106)107)92-80(123)59(33-65(88)105)94-73(116)43(2)91-83(63)126)84(127)93-55(24-26-67(108)109)76(119)98-60(34-68(110)111)81(124)96-56(30-45-13-8-7-9-14-45)78(121)95-57(31-46-19-21-52(104)22-20-46)79(122)99-61(35-69(112)113)82(125)103-70(86(4,5)6)85(128)100-62(71(89)114)39-129-36-47/h7-22,27-29,42-44,54-64,70,72,78,95,101,104,115,121H,23-26,30-41,87H2,1-6H3,(H2,88,105)(H2,89,114)(H,90,120)(H,91,126)(H,92,123)(H,93,127)(H,94,116)(H,96,124)(H,97,118)(H,98,119)(H,99,122)(H,100,128)(H,102,117)(H,103,125)(H,106,107)(H,108,109)(H,110,111)(H,112,113)/t42-,43+,44+,54-,55-,56-,57-,58-,59-,60-,61-,62-,63-,64+,70+,72?,78?/m0/s1. The van der Waals surface area contributed by atoms with Crippen molar-refractivity contribution in [2.45, 2.75) is 226 Å². The fourth-order valence-electron chi connectivity index (χ4n) is 13.8. The van der Waals surface area contributed by atoms with Gasteiger partial charge in [0.05, 0.1) is 37.4 Å². The van der Waals surface area contributed by atoms with E-state index in [0.717, 1.165) is 35.3 Å². The molecule has 2 aliphatic heterocycles. The van der Waals surface area contributed by atoms with Crippen LogP contribution in [0.25, 0.3) is 10.8 Å². The van der Waals surface area contributed by atoms with Gasteiger partial charge < -0.3 is 117 Å². The number of carboxylic acid groups (broad SMARTS) is 4. The quantitative estimate of drug-likeness (QED) is 0.0304. The van der Waals surface area contributed by atoms with Crippen LogP contribution in [0, 0.1) is 5.41 Å². The van der Waals surface area contributed by atoms with Crippen molar-refractivity contribution in [1.29, 1.82) is 0 Å². The molecule has 27 N–H and O–H groups in total. The molecule has 4 bridgehead atoms. The lowest BCUT2D eigenvalue weighted by Gasteiger charge is -2.33. The van der Waals surface area contributed by atoms with Gasteiger partial charge in [0.25, 0.3) is 0 Å². The van der Waals surface area contributed by atoms with Gasteiger partial charge in [-0.3, -0.25) is 96.9 Å². The number of carbonyl (C=O) groups is 18. The Morgan fingerprint density at radius 3 is 1.45 bits per heavy atom. The average molecular weight is 1880 g/mol. The number of aromatic hydroxyl groups is 1. The number of fused-ring (bicyclic) bond motifs is 6. The van der Waals surface area contributed by atoms with E-state index < -0.39 is 279 Å². The molecule has 0 radical (unpaired) electrons. The van der Waals surface area contributed by atoms with E-state index in [1.54, 1.807) is 91.0 Å². The number of hydrogen-bond donors (Lipinski definition) is 24. The zero-order valence-corrected chi connectivity index (χ0v) is 75.0. The van der Waals surface area contributed by atoms with Crippen LogP contribution in [0.2, 0.25) is 0 Å². The molecular weight excluding hydrogens is 1770 g/mol. The summed E-state index contributed by atoms with van der Waals surface area (Å²) in [6.45, 7) is 8.36.